The van der Waals surface area contributed by atoms with Crippen LogP contribution >= 0.6 is 23.5 Å². The predicted octanol–water partition coefficient (Wildman–Crippen LogP) is 3.72. The Bertz CT molecular complexity index is 783. The van der Waals surface area contributed by atoms with E-state index in [0.29, 0.717) is 22.1 Å². The zero-order valence-corrected chi connectivity index (χ0v) is 16.6. The first-order chi connectivity index (χ1) is 12.5. The van der Waals surface area contributed by atoms with Crippen LogP contribution in [0.1, 0.15) is 18.2 Å². The van der Waals surface area contributed by atoms with Gasteiger partial charge in [-0.2, -0.15) is 0 Å². The molecular weight excluding hydrogens is 366 g/mol. The molecule has 1 saturated heterocycles. The van der Waals surface area contributed by atoms with Crippen LogP contribution < -0.4 is 10.6 Å². The van der Waals surface area contributed by atoms with Crippen molar-refractivity contribution in [2.24, 2.45) is 0 Å². The standard InChI is InChI=1S/C19H24ClN5S/c1-13(21)18-17(22)11-16(20)19(23-18)25-9-8-24(26-2)12-15(25)10-14-6-4-3-5-7-14/h3-7,11,15,21H,8-10,12,22H2,1-2H3. The summed E-state index contributed by atoms with van der Waals surface area (Å²) in [6.45, 7) is 4.40. The van der Waals surface area contributed by atoms with E-state index in [0.717, 1.165) is 31.9 Å². The topological polar surface area (TPSA) is 69.2 Å². The molecule has 1 aromatic heterocycles. The van der Waals surface area contributed by atoms with Gasteiger partial charge in [0.05, 0.1) is 16.4 Å². The number of nitrogens with two attached hydrogens (primary N) is 1. The second-order valence-electron chi connectivity index (χ2n) is 6.46. The molecule has 0 radical (unpaired) electrons. The van der Waals surface area contributed by atoms with Crippen LogP contribution in [-0.4, -0.2) is 46.9 Å². The summed E-state index contributed by atoms with van der Waals surface area (Å²) in [5.41, 5.74) is 8.61. The third-order valence-electron chi connectivity index (χ3n) is 4.63. The molecule has 3 rings (SSSR count). The van der Waals surface area contributed by atoms with E-state index in [-0.39, 0.29) is 6.04 Å². The molecule has 138 valence electrons. The Morgan fingerprint density at radius 3 is 2.73 bits per heavy atom. The lowest BCUT2D eigenvalue weighted by molar-refractivity contribution is 0.358. The van der Waals surface area contributed by atoms with Crippen LogP contribution in [-0.2, 0) is 6.42 Å². The molecule has 1 aliphatic rings. The van der Waals surface area contributed by atoms with Gasteiger partial charge >= 0.3 is 0 Å². The number of pyridine rings is 1. The quantitative estimate of drug-likeness (QED) is 0.602. The summed E-state index contributed by atoms with van der Waals surface area (Å²) in [6.07, 6.45) is 3.03. The minimum absolute atomic E-state index is 0.256. The highest BCUT2D eigenvalue weighted by atomic mass is 35.5. The Morgan fingerprint density at radius 1 is 1.35 bits per heavy atom. The van der Waals surface area contributed by atoms with Crippen molar-refractivity contribution in [3.63, 3.8) is 0 Å². The van der Waals surface area contributed by atoms with E-state index in [1.807, 2.05) is 6.07 Å². The Hall–Kier alpha value is -1.76. The van der Waals surface area contributed by atoms with Gasteiger partial charge in [0, 0.05) is 25.7 Å². The monoisotopic (exact) mass is 389 g/mol. The molecule has 1 fully saturated rings. The third-order valence-corrected chi connectivity index (χ3v) is 5.76. The molecule has 26 heavy (non-hydrogen) atoms. The van der Waals surface area contributed by atoms with Crippen molar-refractivity contribution in [1.29, 1.82) is 5.41 Å². The Morgan fingerprint density at radius 2 is 2.08 bits per heavy atom. The summed E-state index contributed by atoms with van der Waals surface area (Å²) in [5.74, 6) is 0.726. The van der Waals surface area contributed by atoms with Crippen LogP contribution in [0.2, 0.25) is 5.02 Å². The van der Waals surface area contributed by atoms with Crippen LogP contribution in [0, 0.1) is 5.41 Å². The van der Waals surface area contributed by atoms with E-state index in [9.17, 15) is 0 Å². The summed E-state index contributed by atoms with van der Waals surface area (Å²) >= 11 is 8.28. The average Bonchev–Trinajstić information content (AvgIpc) is 2.63. The van der Waals surface area contributed by atoms with Crippen LogP contribution in [0.25, 0.3) is 0 Å². The molecule has 1 unspecified atom stereocenters. The fraction of sp³-hybridized carbons (Fsp3) is 0.368. The van der Waals surface area contributed by atoms with Gasteiger partial charge < -0.3 is 16.0 Å². The SMILES string of the molecule is CSN1CCN(c2nc(C(C)=N)c(N)cc2Cl)C(Cc2ccccc2)C1. The number of benzene rings is 1. The largest absolute Gasteiger partial charge is 0.397 e. The van der Waals surface area contributed by atoms with Gasteiger partial charge in [0.15, 0.2) is 0 Å². The highest BCUT2D eigenvalue weighted by Crippen LogP contribution is 2.32. The van der Waals surface area contributed by atoms with Gasteiger partial charge in [-0.1, -0.05) is 53.9 Å². The number of nitrogens with zero attached hydrogens (tertiary/aromatic N) is 3. The van der Waals surface area contributed by atoms with Crippen molar-refractivity contribution in [2.45, 2.75) is 19.4 Å². The zero-order chi connectivity index (χ0) is 18.7. The Labute approximate surface area is 164 Å². The van der Waals surface area contributed by atoms with Gasteiger partial charge in [0.2, 0.25) is 0 Å². The first kappa shape index (κ1) is 19.0. The van der Waals surface area contributed by atoms with Crippen molar-refractivity contribution < 1.29 is 0 Å². The summed E-state index contributed by atoms with van der Waals surface area (Å²) in [6, 6.07) is 12.5. The number of hydrogen-bond donors (Lipinski definition) is 2. The minimum atomic E-state index is 0.256. The van der Waals surface area contributed by atoms with Crippen LogP contribution in [0.3, 0.4) is 0 Å². The second kappa shape index (κ2) is 8.29. The van der Waals surface area contributed by atoms with Crippen molar-refractivity contribution in [3.05, 3.63) is 52.7 Å². The molecule has 0 bridgehead atoms. The normalized spacial score (nSPS) is 18.1. The van der Waals surface area contributed by atoms with Crippen LogP contribution in [0.5, 0.6) is 0 Å². The maximum Gasteiger partial charge on any atom is 0.148 e. The number of anilines is 2. The lowest BCUT2D eigenvalue weighted by Crippen LogP contribution is -2.52. The number of nitrogen functional groups attached to an aromatic ring is 1. The van der Waals surface area contributed by atoms with Gasteiger partial charge in [-0.15, -0.1) is 0 Å². The molecule has 0 spiro atoms. The first-order valence-corrected chi connectivity index (χ1v) is 10.2. The molecule has 7 heteroatoms. The molecule has 0 saturated carbocycles. The van der Waals surface area contributed by atoms with Crippen LogP contribution in [0.4, 0.5) is 11.5 Å². The first-order valence-electron chi connectivity index (χ1n) is 8.60. The highest BCUT2D eigenvalue weighted by molar-refractivity contribution is 7.96. The predicted molar refractivity (Wildman–Crippen MR) is 113 cm³/mol. The fourth-order valence-electron chi connectivity index (χ4n) is 3.33. The van der Waals surface area contributed by atoms with E-state index in [1.165, 1.54) is 5.56 Å². The molecule has 0 aliphatic carbocycles. The van der Waals surface area contributed by atoms with Crippen molar-refractivity contribution >= 4 is 40.8 Å². The summed E-state index contributed by atoms with van der Waals surface area (Å²) < 4.78 is 2.37. The maximum atomic E-state index is 7.93. The number of piperazine rings is 1. The zero-order valence-electron chi connectivity index (χ0n) is 15.1. The average molecular weight is 390 g/mol. The summed E-state index contributed by atoms with van der Waals surface area (Å²) in [4.78, 5) is 6.93. The second-order valence-corrected chi connectivity index (χ2v) is 7.75. The molecule has 3 N–H and O–H groups in total. The number of aromatic nitrogens is 1. The van der Waals surface area contributed by atoms with E-state index in [4.69, 9.17) is 22.7 Å². The Balaban J connectivity index is 1.95. The molecule has 5 nitrogen and oxygen atoms in total. The lowest BCUT2D eigenvalue weighted by atomic mass is 10.0. The third kappa shape index (κ3) is 4.14. The van der Waals surface area contributed by atoms with Crippen molar-refractivity contribution in [1.82, 2.24) is 9.29 Å². The van der Waals surface area contributed by atoms with Gasteiger partial charge in [-0.25, -0.2) is 9.29 Å². The summed E-state index contributed by atoms with van der Waals surface area (Å²) in [5, 5.41) is 8.48. The number of rotatable bonds is 5. The minimum Gasteiger partial charge on any atom is -0.397 e. The van der Waals surface area contributed by atoms with Gasteiger partial charge in [-0.3, -0.25) is 0 Å². The Kier molecular flexibility index (Phi) is 6.06. The molecular formula is C19H24ClN5S. The van der Waals surface area contributed by atoms with Gasteiger partial charge in [0.1, 0.15) is 11.5 Å². The van der Waals surface area contributed by atoms with Crippen LogP contribution in [0.15, 0.2) is 36.4 Å². The molecule has 2 aromatic rings. The molecule has 1 aromatic carbocycles. The number of halogens is 1. The van der Waals surface area contributed by atoms with E-state index in [2.05, 4.69) is 44.7 Å². The van der Waals surface area contributed by atoms with Gasteiger partial charge in [0.25, 0.3) is 0 Å². The van der Waals surface area contributed by atoms with Gasteiger partial charge in [-0.05, 0) is 31.2 Å². The van der Waals surface area contributed by atoms with E-state index in [1.54, 1.807) is 24.9 Å². The fourth-order valence-corrected chi connectivity index (χ4v) is 4.18. The van der Waals surface area contributed by atoms with E-state index < -0.39 is 0 Å². The smallest absolute Gasteiger partial charge is 0.148 e. The van der Waals surface area contributed by atoms with E-state index >= 15 is 0 Å². The highest BCUT2D eigenvalue weighted by Gasteiger charge is 2.30. The molecule has 1 aliphatic heterocycles. The maximum absolute atomic E-state index is 7.93. The summed E-state index contributed by atoms with van der Waals surface area (Å²) in [7, 11) is 0. The molecule has 0 amide bonds. The number of hydrogen-bond acceptors (Lipinski definition) is 6. The molecule has 1 atom stereocenters. The molecule has 2 heterocycles. The number of nitrogens with one attached hydrogen (secondary N) is 1. The lowest BCUT2D eigenvalue weighted by Gasteiger charge is -2.42. The van der Waals surface area contributed by atoms with Crippen molar-refractivity contribution in [3.8, 4) is 0 Å². The van der Waals surface area contributed by atoms with Crippen molar-refractivity contribution in [2.75, 3.05) is 36.5 Å².